The molecular formula is C16H15F3N4O3. The molecule has 0 amide bonds. The fourth-order valence-electron chi connectivity index (χ4n) is 2.17. The maximum absolute atomic E-state index is 13.0. The number of benzene rings is 1. The molecule has 0 bridgehead atoms. The number of nitrogens with one attached hydrogen (secondary N) is 1. The predicted octanol–water partition coefficient (Wildman–Crippen LogP) is 1.96. The number of alkyl halides is 3. The van der Waals surface area contributed by atoms with Crippen molar-refractivity contribution in [1.82, 2.24) is 20.1 Å². The van der Waals surface area contributed by atoms with E-state index in [1.807, 2.05) is 0 Å². The van der Waals surface area contributed by atoms with Crippen LogP contribution in [0.4, 0.5) is 13.2 Å². The summed E-state index contributed by atoms with van der Waals surface area (Å²) in [6.45, 7) is 1.23. The maximum atomic E-state index is 13.0. The second kappa shape index (κ2) is 7.16. The number of hydrogen-bond acceptors (Lipinski definition) is 6. The second-order valence-electron chi connectivity index (χ2n) is 5.53. The molecule has 7 nitrogen and oxygen atoms in total. The monoisotopic (exact) mass is 368 g/mol. The van der Waals surface area contributed by atoms with Crippen molar-refractivity contribution in [2.75, 3.05) is 20.2 Å². The van der Waals surface area contributed by atoms with Gasteiger partial charge in [-0.15, -0.1) is 5.10 Å². The highest BCUT2D eigenvalue weighted by atomic mass is 19.4. The topological polar surface area (TPSA) is 78.3 Å². The zero-order valence-electron chi connectivity index (χ0n) is 13.7. The van der Waals surface area contributed by atoms with E-state index in [2.05, 4.69) is 15.4 Å². The zero-order valence-corrected chi connectivity index (χ0v) is 13.7. The molecule has 1 N–H and O–H groups in total. The molecule has 1 saturated heterocycles. The Balaban J connectivity index is 1.77. The van der Waals surface area contributed by atoms with Crippen molar-refractivity contribution in [3.63, 3.8) is 0 Å². The minimum absolute atomic E-state index is 0.0411. The molecule has 1 aromatic heterocycles. The van der Waals surface area contributed by atoms with E-state index in [0.29, 0.717) is 13.1 Å². The standard InChI is InChI=1S/C16H15F3N4O3/c1-25-12-5-10(4-11(6-12)16(17,18)19)15-21-9-23(22-15)3-2-14(24)26-13-7-20-8-13/h2-6,9,13,20H,7-8H2,1H3/b3-2+. The van der Waals surface area contributed by atoms with Crippen LogP contribution in [0, 0.1) is 0 Å². The summed E-state index contributed by atoms with van der Waals surface area (Å²) in [6, 6.07) is 3.23. The molecule has 3 rings (SSSR count). The lowest BCUT2D eigenvalue weighted by Crippen LogP contribution is -2.49. The Morgan fingerprint density at radius 1 is 1.35 bits per heavy atom. The van der Waals surface area contributed by atoms with Gasteiger partial charge in [-0.1, -0.05) is 0 Å². The molecule has 1 aromatic carbocycles. The molecule has 26 heavy (non-hydrogen) atoms. The molecule has 1 fully saturated rings. The van der Waals surface area contributed by atoms with Crippen molar-refractivity contribution in [2.24, 2.45) is 0 Å². The van der Waals surface area contributed by atoms with Gasteiger partial charge in [-0.05, 0) is 18.2 Å². The highest BCUT2D eigenvalue weighted by Gasteiger charge is 2.31. The van der Waals surface area contributed by atoms with Crippen LogP contribution in [0.1, 0.15) is 5.56 Å². The molecule has 0 unspecified atom stereocenters. The SMILES string of the molecule is COc1cc(-c2ncn(/C=C/C(=O)OC3CNC3)n2)cc(C(F)(F)F)c1. The predicted molar refractivity (Wildman–Crippen MR) is 85.1 cm³/mol. The minimum atomic E-state index is -4.52. The third kappa shape index (κ3) is 4.20. The number of carbonyl (C=O) groups is 1. The number of nitrogens with zero attached hydrogens (tertiary/aromatic N) is 3. The molecule has 138 valence electrons. The molecule has 10 heteroatoms. The van der Waals surface area contributed by atoms with Gasteiger partial charge in [-0.2, -0.15) is 13.2 Å². The molecular weight excluding hydrogens is 353 g/mol. The highest BCUT2D eigenvalue weighted by molar-refractivity contribution is 5.85. The number of carbonyl (C=O) groups excluding carboxylic acids is 1. The van der Waals surface area contributed by atoms with Crippen LogP contribution in [0.3, 0.4) is 0 Å². The molecule has 0 radical (unpaired) electrons. The Hall–Kier alpha value is -2.88. The third-order valence-electron chi connectivity index (χ3n) is 3.63. The fraction of sp³-hybridized carbons (Fsp3) is 0.312. The van der Waals surface area contributed by atoms with Gasteiger partial charge in [0, 0.05) is 30.9 Å². The van der Waals surface area contributed by atoms with Gasteiger partial charge in [0.05, 0.1) is 12.7 Å². The van der Waals surface area contributed by atoms with Crippen molar-refractivity contribution in [1.29, 1.82) is 0 Å². The summed E-state index contributed by atoms with van der Waals surface area (Å²) >= 11 is 0. The summed E-state index contributed by atoms with van der Waals surface area (Å²) in [5, 5.41) is 7.01. The van der Waals surface area contributed by atoms with Gasteiger partial charge in [0.2, 0.25) is 0 Å². The lowest BCUT2D eigenvalue weighted by Gasteiger charge is -2.25. The molecule has 2 heterocycles. The van der Waals surface area contributed by atoms with Crippen LogP contribution in [-0.2, 0) is 15.7 Å². The number of hydrogen-bond donors (Lipinski definition) is 1. The van der Waals surface area contributed by atoms with Crippen LogP contribution in [0.2, 0.25) is 0 Å². The zero-order chi connectivity index (χ0) is 18.7. The summed E-state index contributed by atoms with van der Waals surface area (Å²) in [6.07, 6.45) is -0.905. The number of methoxy groups -OCH3 is 1. The van der Waals surface area contributed by atoms with E-state index >= 15 is 0 Å². The van der Waals surface area contributed by atoms with E-state index in [-0.39, 0.29) is 23.2 Å². The van der Waals surface area contributed by atoms with Crippen LogP contribution in [0.5, 0.6) is 5.75 Å². The van der Waals surface area contributed by atoms with Crippen LogP contribution >= 0.6 is 0 Å². The van der Waals surface area contributed by atoms with Crippen molar-refractivity contribution in [2.45, 2.75) is 12.3 Å². The first-order valence-corrected chi connectivity index (χ1v) is 7.62. The molecule has 0 aliphatic carbocycles. The van der Waals surface area contributed by atoms with Gasteiger partial charge < -0.3 is 14.8 Å². The first-order valence-electron chi connectivity index (χ1n) is 7.62. The average Bonchev–Trinajstić information content (AvgIpc) is 3.04. The average molecular weight is 368 g/mol. The van der Waals surface area contributed by atoms with Crippen molar-refractivity contribution >= 4 is 12.2 Å². The van der Waals surface area contributed by atoms with Gasteiger partial charge in [0.15, 0.2) is 5.82 Å². The summed E-state index contributed by atoms with van der Waals surface area (Å²) in [7, 11) is 1.28. The first kappa shape index (κ1) is 17.9. The molecule has 0 spiro atoms. The highest BCUT2D eigenvalue weighted by Crippen LogP contribution is 2.34. The second-order valence-corrected chi connectivity index (χ2v) is 5.53. The van der Waals surface area contributed by atoms with Gasteiger partial charge in [-0.25, -0.2) is 14.5 Å². The molecule has 0 atom stereocenters. The summed E-state index contributed by atoms with van der Waals surface area (Å²) in [5.41, 5.74) is -0.719. The Bertz CT molecular complexity index is 828. The van der Waals surface area contributed by atoms with Crippen LogP contribution in [0.15, 0.2) is 30.6 Å². The van der Waals surface area contributed by atoms with E-state index in [1.54, 1.807) is 0 Å². The maximum Gasteiger partial charge on any atom is 0.416 e. The lowest BCUT2D eigenvalue weighted by atomic mass is 10.1. The van der Waals surface area contributed by atoms with E-state index in [9.17, 15) is 18.0 Å². The van der Waals surface area contributed by atoms with Crippen molar-refractivity contribution in [3.8, 4) is 17.1 Å². The van der Waals surface area contributed by atoms with Gasteiger partial charge in [0.25, 0.3) is 0 Å². The number of ether oxygens (including phenoxy) is 2. The Labute approximate surface area is 146 Å². The minimum Gasteiger partial charge on any atom is -0.497 e. The molecule has 0 saturated carbocycles. The molecule has 1 aliphatic rings. The third-order valence-corrected chi connectivity index (χ3v) is 3.63. The summed E-state index contributed by atoms with van der Waals surface area (Å²) in [5.74, 6) is -0.427. The smallest absolute Gasteiger partial charge is 0.416 e. The van der Waals surface area contributed by atoms with Crippen LogP contribution < -0.4 is 10.1 Å². The van der Waals surface area contributed by atoms with E-state index in [4.69, 9.17) is 9.47 Å². The van der Waals surface area contributed by atoms with Gasteiger partial charge in [-0.3, -0.25) is 0 Å². The quantitative estimate of drug-likeness (QED) is 0.642. The Morgan fingerprint density at radius 3 is 2.73 bits per heavy atom. The summed E-state index contributed by atoms with van der Waals surface area (Å²) in [4.78, 5) is 15.6. The molecule has 2 aromatic rings. The molecule has 1 aliphatic heterocycles. The van der Waals surface area contributed by atoms with E-state index in [1.165, 1.54) is 36.5 Å². The van der Waals surface area contributed by atoms with Crippen LogP contribution in [0.25, 0.3) is 17.6 Å². The Kier molecular flexibility index (Phi) is 4.94. The largest absolute Gasteiger partial charge is 0.497 e. The normalized spacial score (nSPS) is 15.1. The number of halogens is 3. The number of aromatic nitrogens is 3. The van der Waals surface area contributed by atoms with Crippen molar-refractivity contribution < 1.29 is 27.4 Å². The van der Waals surface area contributed by atoms with Crippen LogP contribution in [-0.4, -0.2) is 47.0 Å². The first-order chi connectivity index (χ1) is 12.3. The van der Waals surface area contributed by atoms with Gasteiger partial charge >= 0.3 is 12.1 Å². The number of esters is 1. The van der Waals surface area contributed by atoms with E-state index < -0.39 is 17.7 Å². The fourth-order valence-corrected chi connectivity index (χ4v) is 2.17. The summed E-state index contributed by atoms with van der Waals surface area (Å²) < 4.78 is 50.2. The van der Waals surface area contributed by atoms with E-state index in [0.717, 1.165) is 12.1 Å². The lowest BCUT2D eigenvalue weighted by molar-refractivity contribution is -0.145. The Morgan fingerprint density at radius 2 is 2.12 bits per heavy atom. The number of rotatable bonds is 5. The van der Waals surface area contributed by atoms with Crippen molar-refractivity contribution in [3.05, 3.63) is 36.2 Å². The van der Waals surface area contributed by atoms with Gasteiger partial charge in [0.1, 0.15) is 18.2 Å².